The van der Waals surface area contributed by atoms with Gasteiger partial charge in [-0.25, -0.2) is 0 Å². The molecule has 0 amide bonds. The average Bonchev–Trinajstić information content (AvgIpc) is 2.85. The fourth-order valence-electron chi connectivity index (χ4n) is 2.29. The summed E-state index contributed by atoms with van der Waals surface area (Å²) >= 11 is 0. The lowest BCUT2D eigenvalue weighted by atomic mass is 9.99. The first-order valence-electron chi connectivity index (χ1n) is 5.79. The highest BCUT2D eigenvalue weighted by Gasteiger charge is 2.15. The van der Waals surface area contributed by atoms with E-state index in [1.807, 2.05) is 24.3 Å². The summed E-state index contributed by atoms with van der Waals surface area (Å²) in [5, 5.41) is 11.0. The van der Waals surface area contributed by atoms with Crippen LogP contribution in [0.2, 0.25) is 0 Å². The van der Waals surface area contributed by atoms with Crippen molar-refractivity contribution >= 4 is 11.8 Å². The summed E-state index contributed by atoms with van der Waals surface area (Å²) in [6.45, 7) is 0. The highest BCUT2D eigenvalue weighted by atomic mass is 16.6. The van der Waals surface area contributed by atoms with Crippen molar-refractivity contribution in [2.24, 2.45) is 0 Å². The summed E-state index contributed by atoms with van der Waals surface area (Å²) in [6.07, 6.45) is 5.12. The molecule has 0 saturated carbocycles. The van der Waals surface area contributed by atoms with Gasteiger partial charge in [-0.05, 0) is 35.2 Å². The van der Waals surface area contributed by atoms with E-state index < -0.39 is 0 Å². The van der Waals surface area contributed by atoms with Crippen LogP contribution >= 0.6 is 0 Å². The zero-order chi connectivity index (χ0) is 12.5. The van der Waals surface area contributed by atoms with E-state index >= 15 is 0 Å². The molecule has 3 heteroatoms. The van der Waals surface area contributed by atoms with Gasteiger partial charge in [-0.1, -0.05) is 36.4 Å². The van der Waals surface area contributed by atoms with Gasteiger partial charge in [0.2, 0.25) is 0 Å². The SMILES string of the molecule is O=[N+]([O-])c1ccccc1-c1ccc2c(c1)C=CC2. The van der Waals surface area contributed by atoms with Gasteiger partial charge in [0.25, 0.3) is 5.69 Å². The summed E-state index contributed by atoms with van der Waals surface area (Å²) in [6, 6.07) is 12.9. The highest BCUT2D eigenvalue weighted by Crippen LogP contribution is 2.32. The molecule has 0 aliphatic heterocycles. The topological polar surface area (TPSA) is 43.1 Å². The normalized spacial score (nSPS) is 12.4. The lowest BCUT2D eigenvalue weighted by Gasteiger charge is -2.05. The number of para-hydroxylation sites is 1. The predicted octanol–water partition coefficient (Wildman–Crippen LogP) is 3.83. The van der Waals surface area contributed by atoms with E-state index in [2.05, 4.69) is 12.2 Å². The lowest BCUT2D eigenvalue weighted by Crippen LogP contribution is -1.92. The molecule has 1 aliphatic carbocycles. The maximum atomic E-state index is 11.0. The van der Waals surface area contributed by atoms with Crippen LogP contribution in [-0.4, -0.2) is 4.92 Å². The van der Waals surface area contributed by atoms with Crippen LogP contribution in [0.5, 0.6) is 0 Å². The Kier molecular flexibility index (Phi) is 2.45. The number of nitro benzene ring substituents is 1. The van der Waals surface area contributed by atoms with Crippen molar-refractivity contribution in [2.45, 2.75) is 6.42 Å². The van der Waals surface area contributed by atoms with Crippen molar-refractivity contribution in [3.05, 3.63) is 69.8 Å². The zero-order valence-electron chi connectivity index (χ0n) is 9.67. The van der Waals surface area contributed by atoms with E-state index in [1.165, 1.54) is 5.56 Å². The minimum atomic E-state index is -0.335. The van der Waals surface area contributed by atoms with Crippen molar-refractivity contribution in [1.82, 2.24) is 0 Å². The summed E-state index contributed by atoms with van der Waals surface area (Å²) in [4.78, 5) is 10.7. The molecule has 3 rings (SSSR count). The Labute approximate surface area is 105 Å². The molecule has 2 aromatic rings. The Morgan fingerprint density at radius 2 is 1.94 bits per heavy atom. The molecule has 0 unspecified atom stereocenters. The van der Waals surface area contributed by atoms with Gasteiger partial charge in [0.15, 0.2) is 0 Å². The van der Waals surface area contributed by atoms with Crippen molar-refractivity contribution in [1.29, 1.82) is 0 Å². The summed E-state index contributed by atoms with van der Waals surface area (Å²) in [5.41, 5.74) is 4.15. The average molecular weight is 237 g/mol. The third-order valence-electron chi connectivity index (χ3n) is 3.19. The molecule has 0 aromatic heterocycles. The number of nitro groups is 1. The van der Waals surface area contributed by atoms with Gasteiger partial charge < -0.3 is 0 Å². The van der Waals surface area contributed by atoms with Crippen LogP contribution in [0.25, 0.3) is 17.2 Å². The molecule has 0 spiro atoms. The molecule has 0 saturated heterocycles. The summed E-state index contributed by atoms with van der Waals surface area (Å²) < 4.78 is 0. The summed E-state index contributed by atoms with van der Waals surface area (Å²) in [5.74, 6) is 0. The van der Waals surface area contributed by atoms with Crippen molar-refractivity contribution in [3.8, 4) is 11.1 Å². The quantitative estimate of drug-likeness (QED) is 0.588. The van der Waals surface area contributed by atoms with Crippen LogP contribution in [0.15, 0.2) is 48.5 Å². The molecule has 0 atom stereocenters. The fourth-order valence-corrected chi connectivity index (χ4v) is 2.29. The Morgan fingerprint density at radius 1 is 1.11 bits per heavy atom. The van der Waals surface area contributed by atoms with Gasteiger partial charge in [-0.2, -0.15) is 0 Å². The van der Waals surface area contributed by atoms with E-state index in [4.69, 9.17) is 0 Å². The first-order chi connectivity index (χ1) is 8.75. The Bertz CT molecular complexity index is 659. The molecule has 0 bridgehead atoms. The van der Waals surface area contributed by atoms with Crippen LogP contribution in [-0.2, 0) is 6.42 Å². The van der Waals surface area contributed by atoms with Gasteiger partial charge in [0.1, 0.15) is 0 Å². The minimum Gasteiger partial charge on any atom is -0.258 e. The van der Waals surface area contributed by atoms with Crippen LogP contribution < -0.4 is 0 Å². The van der Waals surface area contributed by atoms with Crippen molar-refractivity contribution in [2.75, 3.05) is 0 Å². The third-order valence-corrected chi connectivity index (χ3v) is 3.19. The molecule has 3 nitrogen and oxygen atoms in total. The molecule has 18 heavy (non-hydrogen) atoms. The fraction of sp³-hybridized carbons (Fsp3) is 0.0667. The summed E-state index contributed by atoms with van der Waals surface area (Å²) in [7, 11) is 0. The molecule has 0 radical (unpaired) electrons. The van der Waals surface area contributed by atoms with Crippen LogP contribution in [0.3, 0.4) is 0 Å². The second-order valence-electron chi connectivity index (χ2n) is 4.29. The van der Waals surface area contributed by atoms with Crippen LogP contribution in [0.1, 0.15) is 11.1 Å². The van der Waals surface area contributed by atoms with E-state index in [1.54, 1.807) is 18.2 Å². The van der Waals surface area contributed by atoms with E-state index in [0.717, 1.165) is 17.5 Å². The standard InChI is InChI=1S/C15H11NO2/c17-16(18)15-7-2-1-6-14(15)13-9-8-11-4-3-5-12(11)10-13/h1-3,5-10H,4H2. The Morgan fingerprint density at radius 3 is 2.78 bits per heavy atom. The maximum absolute atomic E-state index is 11.0. The zero-order valence-corrected chi connectivity index (χ0v) is 9.67. The Hall–Kier alpha value is -2.42. The van der Waals surface area contributed by atoms with E-state index in [-0.39, 0.29) is 10.6 Å². The third kappa shape index (κ3) is 1.70. The molecular formula is C15H11NO2. The van der Waals surface area contributed by atoms with Gasteiger partial charge in [-0.3, -0.25) is 10.1 Å². The number of allylic oxidation sites excluding steroid dienone is 1. The number of fused-ring (bicyclic) bond motifs is 1. The smallest absolute Gasteiger partial charge is 0.258 e. The highest BCUT2D eigenvalue weighted by molar-refractivity contribution is 5.77. The number of nitrogens with zero attached hydrogens (tertiary/aromatic N) is 1. The predicted molar refractivity (Wildman–Crippen MR) is 71.3 cm³/mol. The largest absolute Gasteiger partial charge is 0.277 e. The number of hydrogen-bond acceptors (Lipinski definition) is 2. The van der Waals surface area contributed by atoms with Gasteiger partial charge >= 0.3 is 0 Å². The first-order valence-corrected chi connectivity index (χ1v) is 5.79. The molecule has 88 valence electrons. The van der Waals surface area contributed by atoms with Crippen LogP contribution in [0, 0.1) is 10.1 Å². The molecule has 0 fully saturated rings. The van der Waals surface area contributed by atoms with Crippen LogP contribution in [0.4, 0.5) is 5.69 Å². The van der Waals surface area contributed by atoms with E-state index in [9.17, 15) is 10.1 Å². The first kappa shape index (κ1) is 10.7. The maximum Gasteiger partial charge on any atom is 0.277 e. The molecular weight excluding hydrogens is 226 g/mol. The molecule has 2 aromatic carbocycles. The molecule has 0 N–H and O–H groups in total. The number of benzene rings is 2. The molecule has 0 heterocycles. The second-order valence-corrected chi connectivity index (χ2v) is 4.29. The van der Waals surface area contributed by atoms with Gasteiger partial charge in [0, 0.05) is 6.07 Å². The monoisotopic (exact) mass is 237 g/mol. The van der Waals surface area contributed by atoms with Gasteiger partial charge in [-0.15, -0.1) is 0 Å². The lowest BCUT2D eigenvalue weighted by molar-refractivity contribution is -0.384. The Balaban J connectivity index is 2.15. The number of rotatable bonds is 2. The van der Waals surface area contributed by atoms with Crippen molar-refractivity contribution < 1.29 is 4.92 Å². The van der Waals surface area contributed by atoms with E-state index in [0.29, 0.717) is 5.56 Å². The second kappa shape index (κ2) is 4.11. The number of hydrogen-bond donors (Lipinski definition) is 0. The van der Waals surface area contributed by atoms with Gasteiger partial charge in [0.05, 0.1) is 10.5 Å². The minimum absolute atomic E-state index is 0.152. The van der Waals surface area contributed by atoms with Crippen molar-refractivity contribution in [3.63, 3.8) is 0 Å². The molecule has 1 aliphatic rings.